The van der Waals surface area contributed by atoms with Gasteiger partial charge in [-0.3, -0.25) is 9.59 Å². The lowest BCUT2D eigenvalue weighted by Crippen LogP contribution is -2.51. The van der Waals surface area contributed by atoms with Crippen LogP contribution < -0.4 is 4.74 Å². The van der Waals surface area contributed by atoms with E-state index >= 15 is 0 Å². The van der Waals surface area contributed by atoms with Crippen molar-refractivity contribution >= 4 is 11.8 Å². The summed E-state index contributed by atoms with van der Waals surface area (Å²) >= 11 is 0. The molecule has 2 aliphatic heterocycles. The van der Waals surface area contributed by atoms with Crippen LogP contribution in [0.15, 0.2) is 24.3 Å². The molecule has 2 saturated heterocycles. The van der Waals surface area contributed by atoms with Gasteiger partial charge in [0.15, 0.2) is 0 Å². The Kier molecular flexibility index (Phi) is 5.88. The van der Waals surface area contributed by atoms with Crippen molar-refractivity contribution in [1.82, 2.24) is 9.80 Å². The number of rotatable bonds is 5. The minimum atomic E-state index is -0.0658. The van der Waals surface area contributed by atoms with Crippen molar-refractivity contribution in [2.45, 2.75) is 12.5 Å². The quantitative estimate of drug-likeness (QED) is 0.787. The molecule has 136 valence electrons. The number of benzene rings is 1. The van der Waals surface area contributed by atoms with Crippen LogP contribution in [0.5, 0.6) is 5.75 Å². The van der Waals surface area contributed by atoms with E-state index in [0.717, 1.165) is 6.42 Å². The van der Waals surface area contributed by atoms with Gasteiger partial charge in [-0.05, 0) is 18.6 Å². The average Bonchev–Trinajstić information content (AvgIpc) is 3.19. The summed E-state index contributed by atoms with van der Waals surface area (Å²) in [4.78, 5) is 28.4. The van der Waals surface area contributed by atoms with Crippen molar-refractivity contribution in [1.29, 1.82) is 0 Å². The number of nitrogens with zero attached hydrogens (tertiary/aromatic N) is 2. The van der Waals surface area contributed by atoms with Gasteiger partial charge in [0.2, 0.25) is 5.91 Å². The highest BCUT2D eigenvalue weighted by atomic mass is 16.5. The summed E-state index contributed by atoms with van der Waals surface area (Å²) in [5.74, 6) is 0.471. The van der Waals surface area contributed by atoms with E-state index in [1.54, 1.807) is 29.0 Å². The van der Waals surface area contributed by atoms with Crippen molar-refractivity contribution in [3.8, 4) is 5.75 Å². The topological polar surface area (TPSA) is 68.3 Å². The third kappa shape index (κ3) is 4.29. The molecule has 0 unspecified atom stereocenters. The van der Waals surface area contributed by atoms with Crippen LogP contribution in [-0.4, -0.2) is 80.8 Å². The summed E-state index contributed by atoms with van der Waals surface area (Å²) < 4.78 is 16.1. The van der Waals surface area contributed by atoms with Gasteiger partial charge in [-0.25, -0.2) is 0 Å². The molecule has 1 atom stereocenters. The molecule has 1 aromatic rings. The highest BCUT2D eigenvalue weighted by Crippen LogP contribution is 2.20. The Morgan fingerprint density at radius 2 is 1.88 bits per heavy atom. The molecule has 2 aliphatic rings. The summed E-state index contributed by atoms with van der Waals surface area (Å²) in [7, 11) is 1.55. The third-order valence-corrected chi connectivity index (χ3v) is 4.59. The SMILES string of the molecule is COc1ccccc1C(=O)N1CCN(C(=O)CO[C@@H]2CCOC2)CC1. The largest absolute Gasteiger partial charge is 0.496 e. The van der Waals surface area contributed by atoms with Crippen LogP contribution in [0.4, 0.5) is 0 Å². The van der Waals surface area contributed by atoms with Gasteiger partial charge in [0, 0.05) is 32.8 Å². The summed E-state index contributed by atoms with van der Waals surface area (Å²) in [5.41, 5.74) is 0.550. The molecule has 0 radical (unpaired) electrons. The second kappa shape index (κ2) is 8.31. The van der Waals surface area contributed by atoms with E-state index < -0.39 is 0 Å². The number of hydrogen-bond acceptors (Lipinski definition) is 5. The van der Waals surface area contributed by atoms with Crippen molar-refractivity contribution in [3.05, 3.63) is 29.8 Å². The maximum absolute atomic E-state index is 12.7. The van der Waals surface area contributed by atoms with Gasteiger partial charge in [0.1, 0.15) is 12.4 Å². The van der Waals surface area contributed by atoms with E-state index in [4.69, 9.17) is 14.2 Å². The van der Waals surface area contributed by atoms with Crippen molar-refractivity contribution in [2.24, 2.45) is 0 Å². The third-order valence-electron chi connectivity index (χ3n) is 4.59. The van der Waals surface area contributed by atoms with Gasteiger partial charge in [-0.1, -0.05) is 12.1 Å². The molecule has 2 heterocycles. The van der Waals surface area contributed by atoms with Gasteiger partial charge in [-0.15, -0.1) is 0 Å². The lowest BCUT2D eigenvalue weighted by Gasteiger charge is -2.35. The Morgan fingerprint density at radius 1 is 1.16 bits per heavy atom. The highest BCUT2D eigenvalue weighted by molar-refractivity contribution is 5.97. The van der Waals surface area contributed by atoms with Gasteiger partial charge in [0.05, 0.1) is 25.4 Å². The Hall–Kier alpha value is -2.12. The molecule has 0 spiro atoms. The van der Waals surface area contributed by atoms with Crippen LogP contribution in [0.25, 0.3) is 0 Å². The van der Waals surface area contributed by atoms with E-state index in [9.17, 15) is 9.59 Å². The van der Waals surface area contributed by atoms with Gasteiger partial charge >= 0.3 is 0 Å². The number of piperazine rings is 1. The smallest absolute Gasteiger partial charge is 0.257 e. The molecule has 1 aromatic carbocycles. The van der Waals surface area contributed by atoms with E-state index in [0.29, 0.717) is 50.7 Å². The minimum absolute atomic E-state index is 0.0253. The first-order valence-corrected chi connectivity index (χ1v) is 8.58. The number of carbonyl (C=O) groups is 2. The first-order chi connectivity index (χ1) is 12.2. The van der Waals surface area contributed by atoms with Crippen molar-refractivity contribution in [2.75, 3.05) is 53.1 Å². The maximum Gasteiger partial charge on any atom is 0.257 e. The Balaban J connectivity index is 1.49. The molecule has 2 amide bonds. The molecule has 7 nitrogen and oxygen atoms in total. The van der Waals surface area contributed by atoms with E-state index in [-0.39, 0.29) is 24.5 Å². The van der Waals surface area contributed by atoms with Crippen molar-refractivity contribution in [3.63, 3.8) is 0 Å². The molecule has 0 N–H and O–H groups in total. The standard InChI is InChI=1S/C18H24N2O5/c1-23-16-5-3-2-4-15(16)18(22)20-9-7-19(8-10-20)17(21)13-25-14-6-11-24-12-14/h2-5,14H,6-13H2,1H3/t14-/m1/s1. The molecular formula is C18H24N2O5. The maximum atomic E-state index is 12.7. The van der Waals surface area contributed by atoms with Crippen LogP contribution in [0.2, 0.25) is 0 Å². The summed E-state index contributed by atoms with van der Waals surface area (Å²) in [6.45, 7) is 3.39. The molecule has 0 aromatic heterocycles. The van der Waals surface area contributed by atoms with E-state index in [2.05, 4.69) is 0 Å². The summed E-state index contributed by atoms with van der Waals surface area (Å²) in [6, 6.07) is 7.19. The van der Waals surface area contributed by atoms with Gasteiger partial charge < -0.3 is 24.0 Å². The number of carbonyl (C=O) groups excluding carboxylic acids is 2. The van der Waals surface area contributed by atoms with Crippen LogP contribution in [-0.2, 0) is 14.3 Å². The lowest BCUT2D eigenvalue weighted by atomic mass is 10.1. The van der Waals surface area contributed by atoms with Crippen LogP contribution in [0.1, 0.15) is 16.8 Å². The van der Waals surface area contributed by atoms with Crippen molar-refractivity contribution < 1.29 is 23.8 Å². The molecule has 7 heteroatoms. The second-order valence-electron chi connectivity index (χ2n) is 6.17. The zero-order valence-corrected chi connectivity index (χ0v) is 14.5. The summed E-state index contributed by atoms with van der Waals surface area (Å²) in [5, 5.41) is 0. The zero-order valence-electron chi connectivity index (χ0n) is 14.5. The summed E-state index contributed by atoms with van der Waals surface area (Å²) in [6.07, 6.45) is 0.867. The van der Waals surface area contributed by atoms with Gasteiger partial charge in [0.25, 0.3) is 5.91 Å². The normalized spacial score (nSPS) is 20.6. The Bertz CT molecular complexity index is 607. The Labute approximate surface area is 147 Å². The molecule has 3 rings (SSSR count). The molecule has 0 aliphatic carbocycles. The zero-order chi connectivity index (χ0) is 17.6. The predicted molar refractivity (Wildman–Crippen MR) is 90.7 cm³/mol. The minimum Gasteiger partial charge on any atom is -0.496 e. The first kappa shape index (κ1) is 17.7. The number of hydrogen-bond donors (Lipinski definition) is 0. The highest BCUT2D eigenvalue weighted by Gasteiger charge is 2.27. The molecular weight excluding hydrogens is 324 g/mol. The Morgan fingerprint density at radius 3 is 2.56 bits per heavy atom. The van der Waals surface area contributed by atoms with E-state index in [1.807, 2.05) is 12.1 Å². The predicted octanol–water partition coefficient (Wildman–Crippen LogP) is 0.785. The number of amides is 2. The lowest BCUT2D eigenvalue weighted by molar-refractivity contribution is -0.139. The van der Waals surface area contributed by atoms with Crippen LogP contribution >= 0.6 is 0 Å². The van der Waals surface area contributed by atoms with Crippen LogP contribution in [0, 0.1) is 0 Å². The fraction of sp³-hybridized carbons (Fsp3) is 0.556. The molecule has 0 bridgehead atoms. The number of methoxy groups -OCH3 is 1. The monoisotopic (exact) mass is 348 g/mol. The molecule has 2 fully saturated rings. The van der Waals surface area contributed by atoms with E-state index in [1.165, 1.54) is 0 Å². The average molecular weight is 348 g/mol. The molecule has 25 heavy (non-hydrogen) atoms. The number of para-hydroxylation sites is 1. The van der Waals surface area contributed by atoms with Gasteiger partial charge in [-0.2, -0.15) is 0 Å². The number of ether oxygens (including phenoxy) is 3. The molecule has 0 saturated carbocycles. The first-order valence-electron chi connectivity index (χ1n) is 8.58. The second-order valence-corrected chi connectivity index (χ2v) is 6.17. The fourth-order valence-corrected chi connectivity index (χ4v) is 3.08. The fourth-order valence-electron chi connectivity index (χ4n) is 3.08. The van der Waals surface area contributed by atoms with Crippen LogP contribution in [0.3, 0.4) is 0 Å².